The predicted octanol–water partition coefficient (Wildman–Crippen LogP) is 4.00. The van der Waals surface area contributed by atoms with Crippen LogP contribution in [0.1, 0.15) is 11.1 Å². The summed E-state index contributed by atoms with van der Waals surface area (Å²) in [6, 6.07) is 9.57. The van der Waals surface area contributed by atoms with Gasteiger partial charge in [0.05, 0.1) is 5.69 Å². The number of alkyl halides is 3. The first-order chi connectivity index (χ1) is 10.6. The van der Waals surface area contributed by atoms with Gasteiger partial charge in [0.15, 0.2) is 0 Å². The molecule has 2 aromatic rings. The van der Waals surface area contributed by atoms with Crippen LogP contribution >= 0.6 is 0 Å². The SMILES string of the molecule is Cc1cccc(NS(=O)(=O)c2ccccc2OC(F)(F)F)c1C. The summed E-state index contributed by atoms with van der Waals surface area (Å²) in [5, 5.41) is 0. The van der Waals surface area contributed by atoms with Crippen molar-refractivity contribution < 1.29 is 26.3 Å². The number of anilines is 1. The Morgan fingerprint density at radius 2 is 1.65 bits per heavy atom. The Balaban J connectivity index is 2.43. The molecule has 0 saturated heterocycles. The molecule has 2 rings (SSSR count). The molecule has 0 bridgehead atoms. The summed E-state index contributed by atoms with van der Waals surface area (Å²) in [5.74, 6) is -0.780. The molecule has 0 amide bonds. The van der Waals surface area contributed by atoms with Crippen molar-refractivity contribution in [2.75, 3.05) is 4.72 Å². The lowest BCUT2D eigenvalue weighted by molar-refractivity contribution is -0.275. The fourth-order valence-corrected chi connectivity index (χ4v) is 3.20. The molecule has 0 unspecified atom stereocenters. The molecule has 8 heteroatoms. The van der Waals surface area contributed by atoms with Gasteiger partial charge in [-0.05, 0) is 43.2 Å². The van der Waals surface area contributed by atoms with Crippen LogP contribution in [0.2, 0.25) is 0 Å². The molecule has 0 atom stereocenters. The van der Waals surface area contributed by atoms with Crippen LogP contribution in [-0.4, -0.2) is 14.8 Å². The number of hydrogen-bond acceptors (Lipinski definition) is 3. The van der Waals surface area contributed by atoms with Gasteiger partial charge in [-0.3, -0.25) is 4.72 Å². The number of ether oxygens (including phenoxy) is 1. The van der Waals surface area contributed by atoms with Crippen LogP contribution in [0.4, 0.5) is 18.9 Å². The largest absolute Gasteiger partial charge is 0.573 e. The highest BCUT2D eigenvalue weighted by Gasteiger charge is 2.34. The second-order valence-electron chi connectivity index (χ2n) is 4.85. The lowest BCUT2D eigenvalue weighted by Crippen LogP contribution is -2.21. The first-order valence-electron chi connectivity index (χ1n) is 6.54. The van der Waals surface area contributed by atoms with E-state index in [0.717, 1.165) is 17.7 Å². The quantitative estimate of drug-likeness (QED) is 0.911. The topological polar surface area (TPSA) is 55.4 Å². The van der Waals surface area contributed by atoms with Crippen LogP contribution in [0.25, 0.3) is 0 Å². The Hall–Kier alpha value is -2.22. The van der Waals surface area contributed by atoms with Crippen LogP contribution in [0.3, 0.4) is 0 Å². The van der Waals surface area contributed by atoms with Gasteiger partial charge in [-0.15, -0.1) is 13.2 Å². The van der Waals surface area contributed by atoms with Gasteiger partial charge in [-0.2, -0.15) is 0 Å². The third-order valence-corrected chi connectivity index (χ3v) is 4.62. The summed E-state index contributed by atoms with van der Waals surface area (Å²) in [6.07, 6.45) is -4.98. The molecule has 0 aliphatic heterocycles. The standard InChI is InChI=1S/C15H14F3NO3S/c1-10-6-5-7-12(11(10)2)19-23(20,21)14-9-4-3-8-13(14)22-15(16,17)18/h3-9,19H,1-2H3. The van der Waals surface area contributed by atoms with Gasteiger partial charge in [0.2, 0.25) is 0 Å². The monoisotopic (exact) mass is 345 g/mol. The van der Waals surface area contributed by atoms with E-state index in [9.17, 15) is 21.6 Å². The van der Waals surface area contributed by atoms with Crippen LogP contribution < -0.4 is 9.46 Å². The van der Waals surface area contributed by atoms with Crippen molar-refractivity contribution in [2.24, 2.45) is 0 Å². The molecule has 0 aliphatic rings. The molecule has 0 heterocycles. The van der Waals surface area contributed by atoms with Gasteiger partial charge in [0.25, 0.3) is 10.0 Å². The second kappa shape index (κ2) is 6.11. The maximum absolute atomic E-state index is 12.4. The maximum Gasteiger partial charge on any atom is 0.573 e. The Morgan fingerprint density at radius 1 is 1.00 bits per heavy atom. The molecule has 1 N–H and O–H groups in total. The third-order valence-electron chi connectivity index (χ3n) is 3.21. The van der Waals surface area contributed by atoms with E-state index in [1.165, 1.54) is 18.2 Å². The summed E-state index contributed by atoms with van der Waals surface area (Å²) in [6.45, 7) is 3.51. The molecular weight excluding hydrogens is 331 g/mol. The van der Waals surface area contributed by atoms with E-state index in [0.29, 0.717) is 11.3 Å². The molecular formula is C15H14F3NO3S. The van der Waals surface area contributed by atoms with Crippen LogP contribution in [0.15, 0.2) is 47.4 Å². The molecule has 0 radical (unpaired) electrons. The zero-order valence-corrected chi connectivity index (χ0v) is 13.1. The van der Waals surface area contributed by atoms with Crippen molar-refractivity contribution in [3.63, 3.8) is 0 Å². The van der Waals surface area contributed by atoms with Crippen molar-refractivity contribution in [3.8, 4) is 5.75 Å². The van der Waals surface area contributed by atoms with Crippen LogP contribution in [0.5, 0.6) is 5.75 Å². The Morgan fingerprint density at radius 3 is 2.30 bits per heavy atom. The summed E-state index contributed by atoms with van der Waals surface area (Å²) in [4.78, 5) is -0.585. The Kier molecular flexibility index (Phi) is 4.56. The molecule has 0 aliphatic carbocycles. The first-order valence-corrected chi connectivity index (χ1v) is 8.02. The number of sulfonamides is 1. The number of nitrogens with one attached hydrogen (secondary N) is 1. The molecule has 0 fully saturated rings. The highest BCUT2D eigenvalue weighted by atomic mass is 32.2. The van der Waals surface area contributed by atoms with E-state index < -0.39 is 27.0 Å². The van der Waals surface area contributed by atoms with E-state index in [4.69, 9.17) is 0 Å². The van der Waals surface area contributed by atoms with Gasteiger partial charge >= 0.3 is 6.36 Å². The zero-order chi connectivity index (χ0) is 17.3. The van der Waals surface area contributed by atoms with E-state index in [1.54, 1.807) is 26.0 Å². The second-order valence-corrected chi connectivity index (χ2v) is 6.50. The minimum absolute atomic E-state index is 0.298. The molecule has 2 aromatic carbocycles. The van der Waals surface area contributed by atoms with Gasteiger partial charge in [0.1, 0.15) is 10.6 Å². The van der Waals surface area contributed by atoms with E-state index in [1.807, 2.05) is 0 Å². The lowest BCUT2D eigenvalue weighted by atomic mass is 10.1. The van der Waals surface area contributed by atoms with Crippen molar-refractivity contribution in [2.45, 2.75) is 25.1 Å². The normalized spacial score (nSPS) is 12.0. The number of halogens is 3. The van der Waals surface area contributed by atoms with Crippen molar-refractivity contribution >= 4 is 15.7 Å². The predicted molar refractivity (Wildman–Crippen MR) is 79.8 cm³/mol. The molecule has 0 aromatic heterocycles. The maximum atomic E-state index is 12.4. The zero-order valence-electron chi connectivity index (χ0n) is 12.3. The van der Waals surface area contributed by atoms with E-state index in [2.05, 4.69) is 9.46 Å². The van der Waals surface area contributed by atoms with Gasteiger partial charge < -0.3 is 4.74 Å². The minimum Gasteiger partial charge on any atom is -0.404 e. The van der Waals surface area contributed by atoms with Gasteiger partial charge in [0, 0.05) is 0 Å². The number of benzene rings is 2. The van der Waals surface area contributed by atoms with Crippen molar-refractivity contribution in [1.29, 1.82) is 0 Å². The third kappa shape index (κ3) is 4.16. The highest BCUT2D eigenvalue weighted by Crippen LogP contribution is 2.31. The summed E-state index contributed by atoms with van der Waals surface area (Å²) >= 11 is 0. The van der Waals surface area contributed by atoms with Crippen LogP contribution in [-0.2, 0) is 10.0 Å². The molecule has 4 nitrogen and oxygen atoms in total. The average molecular weight is 345 g/mol. The smallest absolute Gasteiger partial charge is 0.404 e. The first kappa shape index (κ1) is 17.1. The molecule has 124 valence electrons. The van der Waals surface area contributed by atoms with E-state index in [-0.39, 0.29) is 0 Å². The highest BCUT2D eigenvalue weighted by molar-refractivity contribution is 7.92. The number of aryl methyl sites for hydroxylation is 1. The van der Waals surface area contributed by atoms with Crippen LogP contribution in [0, 0.1) is 13.8 Å². The number of para-hydroxylation sites is 1. The Labute approximate surface area is 132 Å². The van der Waals surface area contributed by atoms with Gasteiger partial charge in [-0.25, -0.2) is 8.42 Å². The molecule has 0 spiro atoms. The van der Waals surface area contributed by atoms with E-state index >= 15 is 0 Å². The molecule has 23 heavy (non-hydrogen) atoms. The van der Waals surface area contributed by atoms with Crippen molar-refractivity contribution in [1.82, 2.24) is 0 Å². The lowest BCUT2D eigenvalue weighted by Gasteiger charge is -2.15. The fraction of sp³-hybridized carbons (Fsp3) is 0.200. The summed E-state index contributed by atoms with van der Waals surface area (Å²) < 4.78 is 68.2. The minimum atomic E-state index is -4.98. The Bertz CT molecular complexity index is 817. The fourth-order valence-electron chi connectivity index (χ4n) is 1.94. The van der Waals surface area contributed by atoms with Crippen molar-refractivity contribution in [3.05, 3.63) is 53.6 Å². The summed E-state index contributed by atoms with van der Waals surface area (Å²) in [5.41, 5.74) is 1.84. The summed E-state index contributed by atoms with van der Waals surface area (Å²) in [7, 11) is -4.23. The van der Waals surface area contributed by atoms with Gasteiger partial charge in [-0.1, -0.05) is 24.3 Å². The number of hydrogen-bond donors (Lipinski definition) is 1. The average Bonchev–Trinajstić information content (AvgIpc) is 2.42. The molecule has 0 saturated carbocycles. The number of rotatable bonds is 4.